The van der Waals surface area contributed by atoms with Crippen molar-refractivity contribution >= 4 is 11.9 Å². The van der Waals surface area contributed by atoms with Gasteiger partial charge >= 0.3 is 11.9 Å². The first-order chi connectivity index (χ1) is 10.0. The maximum absolute atomic E-state index is 11.9. The van der Waals surface area contributed by atoms with Gasteiger partial charge in [-0.2, -0.15) is 0 Å². The Morgan fingerprint density at radius 2 is 2.05 bits per heavy atom. The molecule has 1 aliphatic rings. The van der Waals surface area contributed by atoms with Crippen molar-refractivity contribution in [2.75, 3.05) is 19.8 Å². The number of esters is 2. The van der Waals surface area contributed by atoms with Crippen LogP contribution >= 0.6 is 0 Å². The molecule has 1 atom stereocenters. The lowest BCUT2D eigenvalue weighted by Gasteiger charge is -2.28. The van der Waals surface area contributed by atoms with E-state index < -0.39 is 24.1 Å². The standard InChI is InChI=1S/C16H18O5/c1-12(2)15(18)20-10-14(17)21-16(8-9-19-11-16)13-6-4-3-5-7-13/h3-7H,1,8-11H2,2H3. The molecule has 0 amide bonds. The summed E-state index contributed by atoms with van der Waals surface area (Å²) in [5.41, 5.74) is 0.320. The Balaban J connectivity index is 2.02. The fraction of sp³-hybridized carbons (Fsp3) is 0.375. The number of hydrogen-bond acceptors (Lipinski definition) is 5. The molecule has 21 heavy (non-hydrogen) atoms. The van der Waals surface area contributed by atoms with E-state index >= 15 is 0 Å². The Morgan fingerprint density at radius 3 is 2.62 bits per heavy atom. The van der Waals surface area contributed by atoms with Crippen LogP contribution in [0, 0.1) is 0 Å². The lowest BCUT2D eigenvalue weighted by molar-refractivity contribution is -0.170. The number of carbonyl (C=O) groups is 2. The molecule has 1 unspecified atom stereocenters. The van der Waals surface area contributed by atoms with Gasteiger partial charge in [-0.3, -0.25) is 0 Å². The average Bonchev–Trinajstić information content (AvgIpc) is 2.95. The third kappa shape index (κ3) is 3.70. The van der Waals surface area contributed by atoms with E-state index in [2.05, 4.69) is 6.58 Å². The predicted molar refractivity (Wildman–Crippen MR) is 75.4 cm³/mol. The predicted octanol–water partition coefficient (Wildman–Crippen LogP) is 1.96. The van der Waals surface area contributed by atoms with Gasteiger partial charge in [0, 0.05) is 12.0 Å². The van der Waals surface area contributed by atoms with E-state index in [4.69, 9.17) is 14.2 Å². The van der Waals surface area contributed by atoms with Gasteiger partial charge in [-0.25, -0.2) is 9.59 Å². The minimum Gasteiger partial charge on any atom is -0.450 e. The first-order valence-corrected chi connectivity index (χ1v) is 6.71. The van der Waals surface area contributed by atoms with Crippen LogP contribution in [-0.4, -0.2) is 31.8 Å². The molecular weight excluding hydrogens is 272 g/mol. The summed E-state index contributed by atoms with van der Waals surface area (Å²) < 4.78 is 15.7. The Hall–Kier alpha value is -2.14. The third-order valence-corrected chi connectivity index (χ3v) is 3.26. The molecule has 5 nitrogen and oxygen atoms in total. The zero-order chi connectivity index (χ0) is 15.3. The van der Waals surface area contributed by atoms with Crippen molar-refractivity contribution in [3.63, 3.8) is 0 Å². The van der Waals surface area contributed by atoms with Crippen LogP contribution in [0.1, 0.15) is 18.9 Å². The quantitative estimate of drug-likeness (QED) is 0.613. The molecule has 0 spiro atoms. The zero-order valence-corrected chi connectivity index (χ0v) is 12.0. The van der Waals surface area contributed by atoms with Crippen LogP contribution in [0.5, 0.6) is 0 Å². The molecule has 1 aliphatic heterocycles. The van der Waals surface area contributed by atoms with Crippen LogP contribution in [-0.2, 0) is 29.4 Å². The van der Waals surface area contributed by atoms with Gasteiger partial charge in [0.2, 0.25) is 0 Å². The molecule has 0 saturated carbocycles. The van der Waals surface area contributed by atoms with Crippen molar-refractivity contribution in [3.05, 3.63) is 48.0 Å². The number of carbonyl (C=O) groups excluding carboxylic acids is 2. The number of rotatable bonds is 5. The molecular formula is C16H18O5. The molecule has 112 valence electrons. The summed E-state index contributed by atoms with van der Waals surface area (Å²) >= 11 is 0. The third-order valence-electron chi connectivity index (χ3n) is 3.26. The second-order valence-electron chi connectivity index (χ2n) is 4.99. The molecule has 2 rings (SSSR count). The van der Waals surface area contributed by atoms with E-state index in [1.165, 1.54) is 6.92 Å². The van der Waals surface area contributed by atoms with Crippen molar-refractivity contribution in [2.24, 2.45) is 0 Å². The maximum atomic E-state index is 11.9. The molecule has 1 aromatic carbocycles. The van der Waals surface area contributed by atoms with Crippen LogP contribution in [0.2, 0.25) is 0 Å². The average molecular weight is 290 g/mol. The highest BCUT2D eigenvalue weighted by Gasteiger charge is 2.40. The Bertz CT molecular complexity index is 529. The first kappa shape index (κ1) is 15.3. The largest absolute Gasteiger partial charge is 0.450 e. The van der Waals surface area contributed by atoms with Crippen molar-refractivity contribution in [2.45, 2.75) is 18.9 Å². The normalized spacial score (nSPS) is 20.8. The SMILES string of the molecule is C=C(C)C(=O)OCC(=O)OC1(c2ccccc2)CCOC1. The molecule has 0 aromatic heterocycles. The minimum absolute atomic E-state index is 0.241. The van der Waals surface area contributed by atoms with E-state index in [1.54, 1.807) is 0 Å². The van der Waals surface area contributed by atoms with Crippen LogP contribution in [0.15, 0.2) is 42.5 Å². The Labute approximate surface area is 123 Å². The fourth-order valence-electron chi connectivity index (χ4n) is 2.15. The van der Waals surface area contributed by atoms with E-state index in [1.807, 2.05) is 30.3 Å². The van der Waals surface area contributed by atoms with Crippen LogP contribution in [0.3, 0.4) is 0 Å². The summed E-state index contributed by atoms with van der Waals surface area (Å²) in [7, 11) is 0. The Morgan fingerprint density at radius 1 is 1.33 bits per heavy atom. The molecule has 1 aromatic rings. The van der Waals surface area contributed by atoms with Gasteiger partial charge in [0.05, 0.1) is 13.2 Å². The molecule has 0 aliphatic carbocycles. The lowest BCUT2D eigenvalue weighted by Crippen LogP contribution is -2.34. The van der Waals surface area contributed by atoms with Gasteiger partial charge in [0.15, 0.2) is 12.2 Å². The second kappa shape index (κ2) is 6.54. The van der Waals surface area contributed by atoms with Crippen LogP contribution < -0.4 is 0 Å². The van der Waals surface area contributed by atoms with Gasteiger partial charge in [-0.1, -0.05) is 36.9 Å². The van der Waals surface area contributed by atoms with Crippen molar-refractivity contribution in [1.82, 2.24) is 0 Å². The number of ether oxygens (including phenoxy) is 3. The minimum atomic E-state index is -0.798. The van der Waals surface area contributed by atoms with Gasteiger partial charge in [0.1, 0.15) is 0 Å². The van der Waals surface area contributed by atoms with Crippen molar-refractivity contribution < 1.29 is 23.8 Å². The molecule has 1 fully saturated rings. The second-order valence-corrected chi connectivity index (χ2v) is 4.99. The first-order valence-electron chi connectivity index (χ1n) is 6.71. The highest BCUT2D eigenvalue weighted by molar-refractivity contribution is 5.88. The van der Waals surface area contributed by atoms with E-state index in [9.17, 15) is 9.59 Å². The molecule has 0 N–H and O–H groups in total. The molecule has 0 bridgehead atoms. The topological polar surface area (TPSA) is 61.8 Å². The summed E-state index contributed by atoms with van der Waals surface area (Å²) in [6.07, 6.45) is 0.581. The highest BCUT2D eigenvalue weighted by atomic mass is 16.6. The van der Waals surface area contributed by atoms with Gasteiger partial charge < -0.3 is 14.2 Å². The summed E-state index contributed by atoms with van der Waals surface area (Å²) in [5, 5.41) is 0. The molecule has 0 radical (unpaired) electrons. The van der Waals surface area contributed by atoms with Gasteiger partial charge in [-0.05, 0) is 12.5 Å². The van der Waals surface area contributed by atoms with E-state index in [-0.39, 0.29) is 5.57 Å². The molecule has 1 heterocycles. The van der Waals surface area contributed by atoms with Crippen LogP contribution in [0.25, 0.3) is 0 Å². The highest BCUT2D eigenvalue weighted by Crippen LogP contribution is 2.34. The number of hydrogen-bond donors (Lipinski definition) is 0. The maximum Gasteiger partial charge on any atom is 0.345 e. The summed E-state index contributed by atoms with van der Waals surface area (Å²) in [6, 6.07) is 9.43. The Kier molecular flexibility index (Phi) is 4.75. The van der Waals surface area contributed by atoms with Gasteiger partial charge in [0.25, 0.3) is 0 Å². The smallest absolute Gasteiger partial charge is 0.345 e. The monoisotopic (exact) mass is 290 g/mol. The zero-order valence-electron chi connectivity index (χ0n) is 12.0. The van der Waals surface area contributed by atoms with Crippen molar-refractivity contribution in [1.29, 1.82) is 0 Å². The number of benzene rings is 1. The van der Waals surface area contributed by atoms with Crippen LogP contribution in [0.4, 0.5) is 0 Å². The molecule has 5 heteroatoms. The summed E-state index contributed by atoms with van der Waals surface area (Å²) in [5.74, 6) is -1.21. The summed E-state index contributed by atoms with van der Waals surface area (Å²) in [4.78, 5) is 23.2. The fourth-order valence-corrected chi connectivity index (χ4v) is 2.15. The molecule has 1 saturated heterocycles. The van der Waals surface area contributed by atoms with E-state index in [0.29, 0.717) is 19.6 Å². The lowest BCUT2D eigenvalue weighted by atomic mass is 9.93. The van der Waals surface area contributed by atoms with Crippen molar-refractivity contribution in [3.8, 4) is 0 Å². The summed E-state index contributed by atoms with van der Waals surface area (Å²) in [6.45, 7) is 5.36. The van der Waals surface area contributed by atoms with E-state index in [0.717, 1.165) is 5.56 Å². The van der Waals surface area contributed by atoms with Gasteiger partial charge in [-0.15, -0.1) is 0 Å².